The lowest BCUT2D eigenvalue weighted by Gasteiger charge is -2.25. The zero-order chi connectivity index (χ0) is 18.7. The number of benzene rings is 1. The molecular weight excluding hydrogens is 334 g/mol. The van der Waals surface area contributed by atoms with Gasteiger partial charge >= 0.3 is 11.7 Å². The van der Waals surface area contributed by atoms with Gasteiger partial charge in [-0.15, -0.1) is 0 Å². The normalized spacial score (nSPS) is 18.2. The average molecular weight is 359 g/mol. The lowest BCUT2D eigenvalue weighted by atomic mass is 10.1. The molecule has 7 nitrogen and oxygen atoms in total. The van der Waals surface area contributed by atoms with Crippen molar-refractivity contribution in [3.05, 3.63) is 40.2 Å². The van der Waals surface area contributed by atoms with Crippen LogP contribution in [0.1, 0.15) is 5.56 Å². The largest absolute Gasteiger partial charge is 0.423 e. The summed E-state index contributed by atoms with van der Waals surface area (Å²) in [5.74, 6) is 0.274. The third-order valence-corrected chi connectivity index (χ3v) is 4.45. The number of nitrogens with one attached hydrogen (secondary N) is 1. The zero-order valence-electron chi connectivity index (χ0n) is 15.4. The number of anilines is 1. The predicted octanol–water partition coefficient (Wildman–Crippen LogP) is 2.14. The van der Waals surface area contributed by atoms with Crippen molar-refractivity contribution >= 4 is 22.7 Å². The van der Waals surface area contributed by atoms with Crippen molar-refractivity contribution in [1.82, 2.24) is 9.80 Å². The van der Waals surface area contributed by atoms with Gasteiger partial charge in [0.2, 0.25) is 0 Å². The van der Waals surface area contributed by atoms with E-state index < -0.39 is 5.63 Å². The highest BCUT2D eigenvalue weighted by molar-refractivity contribution is 5.92. The van der Waals surface area contributed by atoms with Crippen molar-refractivity contribution in [3.63, 3.8) is 0 Å². The monoisotopic (exact) mass is 359 g/mol. The van der Waals surface area contributed by atoms with Crippen LogP contribution in [-0.4, -0.2) is 62.8 Å². The van der Waals surface area contributed by atoms with Crippen molar-refractivity contribution in [1.29, 1.82) is 0 Å². The van der Waals surface area contributed by atoms with Gasteiger partial charge in [0.25, 0.3) is 0 Å². The van der Waals surface area contributed by atoms with Crippen LogP contribution < -0.4 is 10.9 Å². The van der Waals surface area contributed by atoms with Gasteiger partial charge in [0.1, 0.15) is 5.58 Å². The summed E-state index contributed by atoms with van der Waals surface area (Å²) >= 11 is 0. The van der Waals surface area contributed by atoms with E-state index in [-0.39, 0.29) is 11.9 Å². The Labute approximate surface area is 152 Å². The van der Waals surface area contributed by atoms with Crippen LogP contribution in [0.3, 0.4) is 0 Å². The summed E-state index contributed by atoms with van der Waals surface area (Å²) in [4.78, 5) is 28.1. The number of ether oxygens (including phenoxy) is 1. The number of nitrogens with zero attached hydrogens (tertiary/aromatic N) is 2. The number of urea groups is 1. The Morgan fingerprint density at radius 2 is 2.15 bits per heavy atom. The highest BCUT2D eigenvalue weighted by Crippen LogP contribution is 2.21. The van der Waals surface area contributed by atoms with Crippen molar-refractivity contribution in [2.45, 2.75) is 6.92 Å². The molecule has 0 spiro atoms. The number of amides is 2. The number of rotatable bonds is 3. The van der Waals surface area contributed by atoms with E-state index in [1.807, 2.05) is 33.2 Å². The van der Waals surface area contributed by atoms with Crippen LogP contribution in [0.4, 0.5) is 10.5 Å². The maximum atomic E-state index is 12.7. The molecule has 7 heteroatoms. The van der Waals surface area contributed by atoms with Gasteiger partial charge < -0.3 is 24.3 Å². The lowest BCUT2D eigenvalue weighted by Crippen LogP contribution is -2.41. The molecule has 2 amide bonds. The van der Waals surface area contributed by atoms with Gasteiger partial charge in [-0.3, -0.25) is 0 Å². The molecule has 1 aromatic heterocycles. The zero-order valence-corrected chi connectivity index (χ0v) is 15.4. The van der Waals surface area contributed by atoms with Gasteiger partial charge in [-0.1, -0.05) is 0 Å². The maximum absolute atomic E-state index is 12.7. The Morgan fingerprint density at radius 1 is 1.35 bits per heavy atom. The molecule has 2 heterocycles. The number of fused-ring (bicyclic) bond motifs is 1. The van der Waals surface area contributed by atoms with E-state index in [1.54, 1.807) is 11.0 Å². The third kappa shape index (κ3) is 4.42. The van der Waals surface area contributed by atoms with E-state index in [2.05, 4.69) is 10.2 Å². The smallest absolute Gasteiger partial charge is 0.336 e. The number of carbonyl (C=O) groups excluding carboxylic acids is 1. The molecule has 0 bridgehead atoms. The van der Waals surface area contributed by atoms with Crippen LogP contribution in [0.25, 0.3) is 11.0 Å². The molecule has 0 aliphatic carbocycles. The summed E-state index contributed by atoms with van der Waals surface area (Å²) in [5, 5.41) is 3.76. The minimum Gasteiger partial charge on any atom is -0.423 e. The molecule has 0 radical (unpaired) electrons. The molecule has 1 N–H and O–H groups in total. The summed E-state index contributed by atoms with van der Waals surface area (Å²) in [7, 11) is 4.03. The van der Waals surface area contributed by atoms with Crippen LogP contribution in [-0.2, 0) is 4.74 Å². The fourth-order valence-electron chi connectivity index (χ4n) is 3.30. The van der Waals surface area contributed by atoms with Crippen molar-refractivity contribution in [3.8, 4) is 0 Å². The molecule has 3 rings (SSSR count). The van der Waals surface area contributed by atoms with Gasteiger partial charge in [-0.05, 0) is 38.7 Å². The van der Waals surface area contributed by atoms with Crippen LogP contribution in [0.2, 0.25) is 0 Å². The first-order valence-corrected chi connectivity index (χ1v) is 8.75. The van der Waals surface area contributed by atoms with Gasteiger partial charge in [-0.2, -0.15) is 0 Å². The summed E-state index contributed by atoms with van der Waals surface area (Å²) < 4.78 is 10.9. The first-order chi connectivity index (χ1) is 12.4. The molecule has 1 fully saturated rings. The fourth-order valence-corrected chi connectivity index (χ4v) is 3.30. The Hall–Kier alpha value is -2.38. The van der Waals surface area contributed by atoms with Crippen LogP contribution >= 0.6 is 0 Å². The minimum atomic E-state index is -0.394. The Kier molecular flexibility index (Phi) is 5.58. The van der Waals surface area contributed by atoms with Gasteiger partial charge in [-0.25, -0.2) is 9.59 Å². The van der Waals surface area contributed by atoms with Crippen LogP contribution in [0.15, 0.2) is 33.5 Å². The van der Waals surface area contributed by atoms with E-state index in [0.717, 1.165) is 17.5 Å². The summed E-state index contributed by atoms with van der Waals surface area (Å²) in [6.45, 7) is 5.11. The molecule has 1 saturated heterocycles. The molecule has 1 aliphatic rings. The number of carbonyl (C=O) groups is 1. The quantitative estimate of drug-likeness (QED) is 0.850. The molecule has 1 aliphatic heterocycles. The van der Waals surface area contributed by atoms with Gasteiger partial charge in [0.05, 0.1) is 13.2 Å². The molecule has 1 unspecified atom stereocenters. The Bertz CT molecular complexity index is 846. The van der Waals surface area contributed by atoms with Crippen LogP contribution in [0, 0.1) is 12.8 Å². The number of aryl methyl sites for hydroxylation is 1. The van der Waals surface area contributed by atoms with Crippen LogP contribution in [0.5, 0.6) is 0 Å². The topological polar surface area (TPSA) is 75.0 Å². The molecule has 0 saturated carbocycles. The van der Waals surface area contributed by atoms with E-state index in [1.165, 1.54) is 6.07 Å². The molecule has 2 aromatic rings. The fraction of sp³-hybridized carbons (Fsp3) is 0.474. The lowest BCUT2D eigenvalue weighted by molar-refractivity contribution is 0.112. The van der Waals surface area contributed by atoms with Gasteiger partial charge in [0, 0.05) is 48.8 Å². The predicted molar refractivity (Wildman–Crippen MR) is 101 cm³/mol. The second-order valence-corrected chi connectivity index (χ2v) is 7.04. The highest BCUT2D eigenvalue weighted by atomic mass is 16.5. The number of hydrogen-bond acceptors (Lipinski definition) is 5. The Balaban J connectivity index is 1.74. The standard InChI is InChI=1S/C19H25N3O4/c1-13-8-18(23)26-17-9-15(4-5-16(13)17)20-19(24)22-6-7-25-12-14(11-22)10-21(2)3/h4-5,8-9,14H,6-7,10-12H2,1-3H3,(H,20,24). The van der Waals surface area contributed by atoms with Crippen molar-refractivity contribution < 1.29 is 13.9 Å². The second-order valence-electron chi connectivity index (χ2n) is 7.04. The molecule has 26 heavy (non-hydrogen) atoms. The van der Waals surface area contributed by atoms with E-state index in [4.69, 9.17) is 9.15 Å². The second kappa shape index (κ2) is 7.88. The summed E-state index contributed by atoms with van der Waals surface area (Å²) in [5.41, 5.74) is 1.53. The molecule has 1 atom stereocenters. The van der Waals surface area contributed by atoms with Gasteiger partial charge in [0.15, 0.2) is 0 Å². The first kappa shape index (κ1) is 18.4. The summed E-state index contributed by atoms with van der Waals surface area (Å²) in [6.07, 6.45) is 0. The molecule has 1 aromatic carbocycles. The SMILES string of the molecule is Cc1cc(=O)oc2cc(NC(=O)N3CCOCC(CN(C)C)C3)ccc12. The average Bonchev–Trinajstić information content (AvgIpc) is 2.79. The van der Waals surface area contributed by atoms with E-state index in [9.17, 15) is 9.59 Å². The molecule has 140 valence electrons. The van der Waals surface area contributed by atoms with Crippen molar-refractivity contribution in [2.24, 2.45) is 5.92 Å². The summed E-state index contributed by atoms with van der Waals surface area (Å²) in [6, 6.07) is 6.65. The molecular formula is C19H25N3O4. The van der Waals surface area contributed by atoms with Crippen molar-refractivity contribution in [2.75, 3.05) is 52.3 Å². The maximum Gasteiger partial charge on any atom is 0.336 e. The van der Waals surface area contributed by atoms with E-state index in [0.29, 0.717) is 37.6 Å². The van der Waals surface area contributed by atoms with E-state index >= 15 is 0 Å². The Morgan fingerprint density at radius 3 is 2.92 bits per heavy atom. The first-order valence-electron chi connectivity index (χ1n) is 8.75. The minimum absolute atomic E-state index is 0.173. The number of hydrogen-bond donors (Lipinski definition) is 1. The highest BCUT2D eigenvalue weighted by Gasteiger charge is 2.23. The third-order valence-electron chi connectivity index (χ3n) is 4.45.